The first-order valence-electron chi connectivity index (χ1n) is 3.09. The summed E-state index contributed by atoms with van der Waals surface area (Å²) in [7, 11) is 2.02. The van der Waals surface area contributed by atoms with Gasteiger partial charge in [0.15, 0.2) is 0 Å². The Morgan fingerprint density at radius 2 is 2.22 bits per heavy atom. The molecule has 0 amide bonds. The van der Waals surface area contributed by atoms with Gasteiger partial charge in [-0.25, -0.2) is 0 Å². The summed E-state index contributed by atoms with van der Waals surface area (Å²) in [5.41, 5.74) is 0.245. The first-order chi connectivity index (χ1) is 4.25. The fraction of sp³-hybridized carbons (Fsp3) is 0.667. The Kier molecular flexibility index (Phi) is 1.90. The van der Waals surface area contributed by atoms with E-state index in [0.29, 0.717) is 0 Å². The highest BCUT2D eigenvalue weighted by molar-refractivity contribution is 7.80. The molecule has 0 spiro atoms. The second-order valence-electron chi connectivity index (χ2n) is 2.14. The molecule has 52 valence electrons. The SMILES string of the molecule is CCN1C=CN(C)C1S. The van der Waals surface area contributed by atoms with Crippen molar-refractivity contribution in [1.82, 2.24) is 9.80 Å². The predicted molar refractivity (Wildman–Crippen MR) is 42.1 cm³/mol. The van der Waals surface area contributed by atoms with Gasteiger partial charge in [-0.3, -0.25) is 0 Å². The van der Waals surface area contributed by atoms with Crippen LogP contribution in [0, 0.1) is 0 Å². The summed E-state index contributed by atoms with van der Waals surface area (Å²) in [5.74, 6) is 0. The van der Waals surface area contributed by atoms with Crippen LogP contribution in [0.5, 0.6) is 0 Å². The normalized spacial score (nSPS) is 25.9. The average Bonchev–Trinajstić information content (AvgIpc) is 2.15. The van der Waals surface area contributed by atoms with Crippen LogP contribution in [0.25, 0.3) is 0 Å². The third kappa shape index (κ3) is 1.15. The zero-order valence-electron chi connectivity index (χ0n) is 5.78. The molecule has 0 aromatic carbocycles. The van der Waals surface area contributed by atoms with E-state index in [4.69, 9.17) is 0 Å². The summed E-state index contributed by atoms with van der Waals surface area (Å²) in [6, 6.07) is 0. The van der Waals surface area contributed by atoms with Crippen LogP contribution in [0.1, 0.15) is 6.92 Å². The topological polar surface area (TPSA) is 6.48 Å². The van der Waals surface area contributed by atoms with Gasteiger partial charge >= 0.3 is 0 Å². The fourth-order valence-electron chi connectivity index (χ4n) is 0.847. The molecule has 0 N–H and O–H groups in total. The predicted octanol–water partition coefficient (Wildman–Crippen LogP) is 0.938. The van der Waals surface area contributed by atoms with Gasteiger partial charge in [-0.15, -0.1) is 12.6 Å². The highest BCUT2D eigenvalue weighted by Crippen LogP contribution is 2.15. The van der Waals surface area contributed by atoms with Gasteiger partial charge in [-0.2, -0.15) is 0 Å². The van der Waals surface area contributed by atoms with Crippen molar-refractivity contribution in [2.45, 2.75) is 12.4 Å². The molecule has 2 nitrogen and oxygen atoms in total. The zero-order chi connectivity index (χ0) is 6.85. The minimum Gasteiger partial charge on any atom is -0.351 e. The van der Waals surface area contributed by atoms with Crippen molar-refractivity contribution in [2.24, 2.45) is 0 Å². The summed E-state index contributed by atoms with van der Waals surface area (Å²) in [6.07, 6.45) is 4.08. The third-order valence-corrected chi connectivity index (χ3v) is 2.18. The summed E-state index contributed by atoms with van der Waals surface area (Å²) in [5, 5.41) is 0. The van der Waals surface area contributed by atoms with E-state index in [1.165, 1.54) is 0 Å². The maximum Gasteiger partial charge on any atom is 0.146 e. The van der Waals surface area contributed by atoms with Crippen LogP contribution in [-0.4, -0.2) is 28.9 Å². The van der Waals surface area contributed by atoms with Crippen molar-refractivity contribution in [3.8, 4) is 0 Å². The summed E-state index contributed by atoms with van der Waals surface area (Å²) in [4.78, 5) is 4.22. The number of nitrogens with zero attached hydrogens (tertiary/aromatic N) is 2. The van der Waals surface area contributed by atoms with Crippen molar-refractivity contribution >= 4 is 12.6 Å². The molecule has 1 aliphatic heterocycles. The van der Waals surface area contributed by atoms with E-state index in [2.05, 4.69) is 35.6 Å². The lowest BCUT2D eigenvalue weighted by Crippen LogP contribution is -2.30. The van der Waals surface area contributed by atoms with Crippen LogP contribution in [0.3, 0.4) is 0 Å². The molecule has 0 aromatic heterocycles. The van der Waals surface area contributed by atoms with Gasteiger partial charge < -0.3 is 9.80 Å². The van der Waals surface area contributed by atoms with E-state index in [0.717, 1.165) is 6.54 Å². The van der Waals surface area contributed by atoms with Crippen LogP contribution in [0.4, 0.5) is 0 Å². The molecule has 1 rings (SSSR count). The van der Waals surface area contributed by atoms with E-state index in [9.17, 15) is 0 Å². The molecule has 1 atom stereocenters. The Morgan fingerprint density at radius 1 is 1.56 bits per heavy atom. The van der Waals surface area contributed by atoms with Gasteiger partial charge in [0.05, 0.1) is 0 Å². The van der Waals surface area contributed by atoms with E-state index in [-0.39, 0.29) is 5.50 Å². The standard InChI is InChI=1S/C6H12N2S/c1-3-8-5-4-7(2)6(8)9/h4-6,9H,3H2,1-2H3. The maximum atomic E-state index is 4.35. The fourth-order valence-corrected chi connectivity index (χ4v) is 1.16. The van der Waals surface area contributed by atoms with E-state index in [1.807, 2.05) is 13.2 Å². The smallest absolute Gasteiger partial charge is 0.146 e. The second-order valence-corrected chi connectivity index (χ2v) is 2.60. The molecule has 0 saturated carbocycles. The lowest BCUT2D eigenvalue weighted by atomic mass is 10.6. The van der Waals surface area contributed by atoms with E-state index >= 15 is 0 Å². The number of hydrogen-bond acceptors (Lipinski definition) is 3. The second kappa shape index (κ2) is 2.52. The van der Waals surface area contributed by atoms with E-state index < -0.39 is 0 Å². The van der Waals surface area contributed by atoms with Gasteiger partial charge in [0, 0.05) is 26.0 Å². The first kappa shape index (κ1) is 6.81. The molecule has 0 bridgehead atoms. The van der Waals surface area contributed by atoms with E-state index in [1.54, 1.807) is 0 Å². The quantitative estimate of drug-likeness (QED) is 0.547. The summed E-state index contributed by atoms with van der Waals surface area (Å²) in [6.45, 7) is 3.14. The molecule has 1 unspecified atom stereocenters. The first-order valence-corrected chi connectivity index (χ1v) is 3.61. The van der Waals surface area contributed by atoms with Gasteiger partial charge in [0.2, 0.25) is 0 Å². The lowest BCUT2D eigenvalue weighted by molar-refractivity contribution is 0.274. The van der Waals surface area contributed by atoms with Crippen molar-refractivity contribution < 1.29 is 0 Å². The average molecular weight is 144 g/mol. The third-order valence-electron chi connectivity index (χ3n) is 1.52. The molecule has 0 radical (unpaired) electrons. The molecule has 0 fully saturated rings. The molecule has 1 aliphatic rings. The minimum absolute atomic E-state index is 0.245. The highest BCUT2D eigenvalue weighted by Gasteiger charge is 2.16. The van der Waals surface area contributed by atoms with Gasteiger partial charge in [-0.1, -0.05) is 0 Å². The Labute approximate surface area is 61.5 Å². The van der Waals surface area contributed by atoms with Crippen LogP contribution < -0.4 is 0 Å². The van der Waals surface area contributed by atoms with Crippen molar-refractivity contribution in [3.05, 3.63) is 12.4 Å². The van der Waals surface area contributed by atoms with Gasteiger partial charge in [0.25, 0.3) is 0 Å². The Bertz CT molecular complexity index is 124. The Hall–Kier alpha value is -0.310. The molecular weight excluding hydrogens is 132 g/mol. The van der Waals surface area contributed by atoms with Crippen molar-refractivity contribution in [1.29, 1.82) is 0 Å². The van der Waals surface area contributed by atoms with Crippen molar-refractivity contribution in [3.63, 3.8) is 0 Å². The number of hydrogen-bond donors (Lipinski definition) is 1. The number of rotatable bonds is 1. The Morgan fingerprint density at radius 3 is 2.44 bits per heavy atom. The molecule has 0 aliphatic carbocycles. The molecule has 1 heterocycles. The molecule has 0 saturated heterocycles. The largest absolute Gasteiger partial charge is 0.351 e. The van der Waals surface area contributed by atoms with Crippen LogP contribution >= 0.6 is 12.6 Å². The van der Waals surface area contributed by atoms with Crippen LogP contribution in [0.2, 0.25) is 0 Å². The van der Waals surface area contributed by atoms with Crippen molar-refractivity contribution in [2.75, 3.05) is 13.6 Å². The molecule has 9 heavy (non-hydrogen) atoms. The number of thiol groups is 1. The van der Waals surface area contributed by atoms with Gasteiger partial charge in [-0.05, 0) is 6.92 Å². The minimum atomic E-state index is 0.245. The summed E-state index contributed by atoms with van der Waals surface area (Å²) >= 11 is 4.35. The Balaban J connectivity index is 2.51. The van der Waals surface area contributed by atoms with Gasteiger partial charge in [0.1, 0.15) is 5.50 Å². The monoisotopic (exact) mass is 144 g/mol. The molecule has 0 aromatic rings. The molecular formula is C6H12N2S. The highest BCUT2D eigenvalue weighted by atomic mass is 32.1. The molecule has 3 heteroatoms. The maximum absolute atomic E-state index is 4.35. The van der Waals surface area contributed by atoms with Crippen LogP contribution in [-0.2, 0) is 0 Å². The van der Waals surface area contributed by atoms with Crippen LogP contribution in [0.15, 0.2) is 12.4 Å². The lowest BCUT2D eigenvalue weighted by Gasteiger charge is -2.24. The summed E-state index contributed by atoms with van der Waals surface area (Å²) < 4.78 is 0. The zero-order valence-corrected chi connectivity index (χ0v) is 6.68.